The van der Waals surface area contributed by atoms with E-state index in [0.29, 0.717) is 5.56 Å². The number of aliphatic hydroxyl groups is 3. The van der Waals surface area contributed by atoms with Gasteiger partial charge in [0.1, 0.15) is 18.0 Å². The van der Waals surface area contributed by atoms with Crippen LogP contribution in [0.25, 0.3) is 0 Å². The van der Waals surface area contributed by atoms with Crippen molar-refractivity contribution in [3.63, 3.8) is 0 Å². The van der Waals surface area contributed by atoms with E-state index >= 15 is 9.59 Å². The number of rotatable bonds is 10. The molecule has 328 valence electrons. The lowest BCUT2D eigenvalue weighted by Gasteiger charge is -2.67. The summed E-state index contributed by atoms with van der Waals surface area (Å²) >= 11 is 0. The van der Waals surface area contributed by atoms with Crippen molar-refractivity contribution in [2.45, 2.75) is 102 Å². The topological polar surface area (TPSA) is 221 Å². The van der Waals surface area contributed by atoms with Crippen LogP contribution >= 0.6 is 0 Å². The number of benzene rings is 3. The predicted octanol–water partition coefficient (Wildman–Crippen LogP) is 3.73. The molecule has 3 aromatic carbocycles. The molecular formula is C47H51NO14. The number of aliphatic hydroxyl groups excluding tert-OH is 2. The summed E-state index contributed by atoms with van der Waals surface area (Å²) in [6.45, 7) is 7.89. The van der Waals surface area contributed by atoms with Gasteiger partial charge in [0, 0.05) is 43.6 Å². The van der Waals surface area contributed by atoms with Crippen molar-refractivity contribution < 1.29 is 67.8 Å². The van der Waals surface area contributed by atoms with Crippen molar-refractivity contribution in [2.24, 2.45) is 22.7 Å². The molecular weight excluding hydrogens is 803 g/mol. The van der Waals surface area contributed by atoms with E-state index in [-0.39, 0.29) is 35.5 Å². The SMILES string of the molecule is CC(=O)O[C@H]1C(=O)[C@@]2(C)C([C@H](C(=O)Oc3ccccc3)[C@]3(O)C[C@H](OC(=O)[C@H](O)C(NC(=O)c4ccccc4)c4ccccc4)C(C)=C1C3(C)C)[C@]1(OC(C)=O)CO[C@@H]1C[C@@H]2O. The van der Waals surface area contributed by atoms with E-state index < -0.39 is 112 Å². The minimum atomic E-state index is -2.43. The number of para-hydroxylation sites is 1. The van der Waals surface area contributed by atoms with Crippen LogP contribution in [0.3, 0.4) is 0 Å². The fourth-order valence-electron chi connectivity index (χ4n) is 10.4. The summed E-state index contributed by atoms with van der Waals surface area (Å²) in [5.41, 5.74) is -7.25. The predicted molar refractivity (Wildman–Crippen MR) is 218 cm³/mol. The molecule has 1 saturated heterocycles. The number of ether oxygens (including phenoxy) is 5. The lowest BCUT2D eigenvalue weighted by atomic mass is 9.42. The minimum absolute atomic E-state index is 0.0198. The van der Waals surface area contributed by atoms with E-state index in [2.05, 4.69) is 5.32 Å². The van der Waals surface area contributed by atoms with Crippen molar-refractivity contribution in [3.8, 4) is 5.75 Å². The van der Waals surface area contributed by atoms with Gasteiger partial charge in [-0.3, -0.25) is 24.0 Å². The molecule has 3 aromatic rings. The van der Waals surface area contributed by atoms with Gasteiger partial charge in [-0.25, -0.2) is 4.79 Å². The number of hydrogen-bond acceptors (Lipinski definition) is 14. The molecule has 15 heteroatoms. The Labute approximate surface area is 358 Å². The fourth-order valence-corrected chi connectivity index (χ4v) is 10.4. The Hall–Kier alpha value is -5.74. The number of ketones is 1. The maximum absolute atomic E-state index is 15.5. The normalized spacial score (nSPS) is 31.9. The Morgan fingerprint density at radius 2 is 1.45 bits per heavy atom. The minimum Gasteiger partial charge on any atom is -0.456 e. The second kappa shape index (κ2) is 16.5. The van der Waals surface area contributed by atoms with Crippen molar-refractivity contribution >= 4 is 35.6 Å². The van der Waals surface area contributed by atoms with Crippen LogP contribution in [0.1, 0.15) is 76.3 Å². The number of amides is 1. The van der Waals surface area contributed by atoms with Gasteiger partial charge < -0.3 is 44.3 Å². The Morgan fingerprint density at radius 3 is 2.02 bits per heavy atom. The van der Waals surface area contributed by atoms with Crippen LogP contribution in [0.15, 0.2) is 102 Å². The third-order valence-corrected chi connectivity index (χ3v) is 13.5. The maximum Gasteiger partial charge on any atom is 0.338 e. The molecule has 2 saturated carbocycles. The lowest BCUT2D eigenvalue weighted by molar-refractivity contribution is -0.337. The zero-order valence-corrected chi connectivity index (χ0v) is 35.2. The molecule has 0 spiro atoms. The number of hydrogen-bond donors (Lipinski definition) is 4. The molecule has 1 heterocycles. The molecule has 3 aliphatic carbocycles. The smallest absolute Gasteiger partial charge is 0.338 e. The summed E-state index contributed by atoms with van der Waals surface area (Å²) in [5, 5.41) is 40.3. The highest BCUT2D eigenvalue weighted by atomic mass is 16.6. The summed E-state index contributed by atoms with van der Waals surface area (Å²) in [4.78, 5) is 84.4. The Morgan fingerprint density at radius 1 is 0.855 bits per heavy atom. The molecule has 1 aliphatic heterocycles. The summed E-state index contributed by atoms with van der Waals surface area (Å²) in [6, 6.07) is 23.0. The summed E-state index contributed by atoms with van der Waals surface area (Å²) in [5.74, 6) is -8.83. The highest BCUT2D eigenvalue weighted by Crippen LogP contribution is 2.66. The third kappa shape index (κ3) is 7.29. The Kier molecular flexibility index (Phi) is 11.8. The highest BCUT2D eigenvalue weighted by molar-refractivity contribution is 5.97. The van der Waals surface area contributed by atoms with Gasteiger partial charge >= 0.3 is 23.9 Å². The molecule has 62 heavy (non-hydrogen) atoms. The van der Waals surface area contributed by atoms with Crippen LogP contribution in [0.5, 0.6) is 5.75 Å². The van der Waals surface area contributed by atoms with E-state index in [0.717, 1.165) is 13.8 Å². The van der Waals surface area contributed by atoms with Crippen molar-refractivity contribution in [1.82, 2.24) is 5.32 Å². The number of carbonyl (C=O) groups excluding carboxylic acids is 6. The molecule has 4 aliphatic rings. The quantitative estimate of drug-likeness (QED) is 0.0989. The Bertz CT molecular complexity index is 2280. The molecule has 0 aromatic heterocycles. The monoisotopic (exact) mass is 853 g/mol. The van der Waals surface area contributed by atoms with Gasteiger partial charge in [-0.15, -0.1) is 0 Å². The first-order chi connectivity index (χ1) is 29.3. The van der Waals surface area contributed by atoms with Crippen LogP contribution in [-0.4, -0.2) is 99.2 Å². The van der Waals surface area contributed by atoms with Crippen LogP contribution in [-0.2, 0) is 42.9 Å². The molecule has 3 fully saturated rings. The van der Waals surface area contributed by atoms with Gasteiger partial charge in [-0.2, -0.15) is 0 Å². The second-order valence-corrected chi connectivity index (χ2v) is 17.4. The summed E-state index contributed by atoms with van der Waals surface area (Å²) in [7, 11) is 0. The standard InChI is InChI=1S/C47H51NO14/c1-25-31(61-43(56)37(52)36(28-16-10-7-11-17-28)48-41(54)29-18-12-8-13-19-29)23-47(57)35(42(55)60-30-20-14-9-15-21-30)39-45(6,32(51)22-33-46(39,24-58-33)62-27(3)50)40(53)38(59-26(2)49)34(25)44(47,4)5/h7-21,31-33,35-39,51-52,57H,22-24H2,1-6H3,(H,48,54)/t31-,32-,33+,35+,36?,37+,38+,39?,45+,46-,47+/m0/s1. The van der Waals surface area contributed by atoms with Crippen molar-refractivity contribution in [3.05, 3.63) is 113 Å². The largest absolute Gasteiger partial charge is 0.456 e. The van der Waals surface area contributed by atoms with E-state index in [1.165, 1.54) is 26.0 Å². The summed E-state index contributed by atoms with van der Waals surface area (Å²) < 4.78 is 29.9. The van der Waals surface area contributed by atoms with Crippen molar-refractivity contribution in [2.75, 3.05) is 6.61 Å². The summed E-state index contributed by atoms with van der Waals surface area (Å²) in [6.07, 6.45) is -8.80. The highest BCUT2D eigenvalue weighted by Gasteiger charge is 2.78. The number of fused-ring (bicyclic) bond motifs is 5. The van der Waals surface area contributed by atoms with Gasteiger partial charge in [0.25, 0.3) is 5.91 Å². The van der Waals surface area contributed by atoms with Crippen LogP contribution in [0, 0.1) is 22.7 Å². The molecule has 1 amide bonds. The fraction of sp³-hybridized carbons (Fsp3) is 0.447. The molecule has 2 unspecified atom stereocenters. The van der Waals surface area contributed by atoms with E-state index in [1.54, 1.807) is 92.7 Å². The lowest BCUT2D eigenvalue weighted by Crippen LogP contribution is -2.81. The first-order valence-electron chi connectivity index (χ1n) is 20.5. The number of Topliss-reactive ketones (excluding diaryl/α,β-unsaturated/α-hetero) is 1. The first-order valence-corrected chi connectivity index (χ1v) is 20.5. The molecule has 11 atom stereocenters. The average Bonchev–Trinajstić information content (AvgIpc) is 3.23. The zero-order valence-electron chi connectivity index (χ0n) is 35.2. The number of nitrogens with one attached hydrogen (secondary N) is 1. The van der Waals surface area contributed by atoms with E-state index in [4.69, 9.17) is 23.7 Å². The Balaban J connectivity index is 1.39. The number of esters is 4. The van der Waals surface area contributed by atoms with Crippen LogP contribution in [0.2, 0.25) is 0 Å². The average molecular weight is 854 g/mol. The van der Waals surface area contributed by atoms with Crippen LogP contribution < -0.4 is 10.1 Å². The molecule has 7 rings (SSSR count). The molecule has 4 N–H and O–H groups in total. The van der Waals surface area contributed by atoms with Gasteiger partial charge in [-0.05, 0) is 54.8 Å². The van der Waals surface area contributed by atoms with Gasteiger partial charge in [-0.1, -0.05) is 80.6 Å². The van der Waals surface area contributed by atoms with Gasteiger partial charge in [0.2, 0.25) is 0 Å². The first kappa shape index (κ1) is 44.3. The van der Waals surface area contributed by atoms with Crippen molar-refractivity contribution in [1.29, 1.82) is 0 Å². The second-order valence-electron chi connectivity index (χ2n) is 17.4. The maximum atomic E-state index is 15.5. The number of carbonyl (C=O) groups is 6. The van der Waals surface area contributed by atoms with E-state index in [9.17, 15) is 34.5 Å². The van der Waals surface area contributed by atoms with Gasteiger partial charge in [0.05, 0.1) is 35.7 Å². The van der Waals surface area contributed by atoms with Crippen LogP contribution in [0.4, 0.5) is 0 Å². The van der Waals surface area contributed by atoms with E-state index in [1.807, 2.05) is 0 Å². The third-order valence-electron chi connectivity index (χ3n) is 13.5. The molecule has 2 bridgehead atoms. The molecule has 0 radical (unpaired) electrons. The molecule has 15 nitrogen and oxygen atoms in total. The van der Waals surface area contributed by atoms with Gasteiger partial charge in [0.15, 0.2) is 23.6 Å². The zero-order chi connectivity index (χ0) is 44.9.